The van der Waals surface area contributed by atoms with E-state index in [0.717, 1.165) is 31.5 Å². The van der Waals surface area contributed by atoms with Crippen molar-refractivity contribution >= 4 is 11.8 Å². The van der Waals surface area contributed by atoms with Crippen LogP contribution < -0.4 is 5.73 Å². The molecule has 0 aromatic carbocycles. The first-order chi connectivity index (χ1) is 9.17. The van der Waals surface area contributed by atoms with Crippen LogP contribution in [0, 0.1) is 5.92 Å². The molecule has 106 valence electrons. The van der Waals surface area contributed by atoms with E-state index in [1.807, 2.05) is 11.8 Å². The summed E-state index contributed by atoms with van der Waals surface area (Å²) in [6.45, 7) is 2.26. The molecule has 5 heteroatoms. The molecule has 1 aliphatic heterocycles. The fourth-order valence-electron chi connectivity index (χ4n) is 3.30. The summed E-state index contributed by atoms with van der Waals surface area (Å²) in [6, 6.07) is 0. The van der Waals surface area contributed by atoms with E-state index >= 15 is 0 Å². The molecule has 3 unspecified atom stereocenters. The number of rotatable bonds is 2. The molecule has 3 atom stereocenters. The number of thioether (sulfide) groups is 1. The van der Waals surface area contributed by atoms with Crippen LogP contribution in [-0.4, -0.2) is 15.9 Å². The molecule has 1 aliphatic carbocycles. The van der Waals surface area contributed by atoms with Gasteiger partial charge in [-0.1, -0.05) is 31.3 Å². The van der Waals surface area contributed by atoms with Gasteiger partial charge in [-0.3, -0.25) is 0 Å². The second-order valence-corrected chi connectivity index (χ2v) is 7.48. The van der Waals surface area contributed by atoms with Crippen LogP contribution in [0.1, 0.15) is 68.8 Å². The first kappa shape index (κ1) is 13.4. The summed E-state index contributed by atoms with van der Waals surface area (Å²) in [4.78, 5) is 4.64. The fraction of sp³-hybridized carbons (Fsp3) is 0.857. The van der Waals surface area contributed by atoms with E-state index in [0.29, 0.717) is 17.1 Å². The standard InChI is InChI=1S/C14H23N3OS/c1-10-5-4-7-14(15,9-10)13-16-12(17-18-13)11-6-2-3-8-19-11/h10-11H,2-9,15H2,1H3. The zero-order valence-corrected chi connectivity index (χ0v) is 12.4. The van der Waals surface area contributed by atoms with E-state index in [2.05, 4.69) is 17.1 Å². The van der Waals surface area contributed by atoms with Crippen molar-refractivity contribution in [3.05, 3.63) is 11.7 Å². The van der Waals surface area contributed by atoms with E-state index < -0.39 is 0 Å². The third-order valence-corrected chi connectivity index (χ3v) is 5.74. The van der Waals surface area contributed by atoms with E-state index in [-0.39, 0.29) is 5.54 Å². The molecule has 1 aromatic heterocycles. The van der Waals surface area contributed by atoms with Crippen LogP contribution in [-0.2, 0) is 5.54 Å². The van der Waals surface area contributed by atoms with Gasteiger partial charge in [0.1, 0.15) is 0 Å². The van der Waals surface area contributed by atoms with Gasteiger partial charge in [0.25, 0.3) is 0 Å². The highest BCUT2D eigenvalue weighted by Gasteiger charge is 2.38. The highest BCUT2D eigenvalue weighted by atomic mass is 32.2. The Labute approximate surface area is 118 Å². The average molecular weight is 281 g/mol. The molecule has 2 fully saturated rings. The smallest absolute Gasteiger partial charge is 0.246 e. The fourth-order valence-corrected chi connectivity index (χ4v) is 4.53. The predicted octanol–water partition coefficient (Wildman–Crippen LogP) is 3.39. The lowest BCUT2D eigenvalue weighted by Gasteiger charge is -2.33. The lowest BCUT2D eigenvalue weighted by molar-refractivity contribution is 0.183. The number of nitrogens with two attached hydrogens (primary N) is 1. The zero-order valence-electron chi connectivity index (χ0n) is 11.6. The summed E-state index contributed by atoms with van der Waals surface area (Å²) in [5.41, 5.74) is 6.12. The van der Waals surface area contributed by atoms with E-state index in [4.69, 9.17) is 10.3 Å². The Kier molecular flexibility index (Phi) is 3.85. The third-order valence-electron chi connectivity index (χ3n) is 4.37. The quantitative estimate of drug-likeness (QED) is 0.900. The van der Waals surface area contributed by atoms with Crippen LogP contribution in [0.5, 0.6) is 0 Å². The molecule has 0 bridgehead atoms. The van der Waals surface area contributed by atoms with Crippen molar-refractivity contribution in [2.45, 2.75) is 62.7 Å². The van der Waals surface area contributed by atoms with Crippen molar-refractivity contribution in [1.29, 1.82) is 0 Å². The minimum absolute atomic E-state index is 0.387. The van der Waals surface area contributed by atoms with Gasteiger partial charge < -0.3 is 10.3 Å². The number of nitrogens with zero attached hydrogens (tertiary/aromatic N) is 2. The maximum absolute atomic E-state index is 6.51. The molecule has 0 amide bonds. The summed E-state index contributed by atoms with van der Waals surface area (Å²) >= 11 is 1.95. The number of hydrogen-bond donors (Lipinski definition) is 1. The summed E-state index contributed by atoms with van der Waals surface area (Å²) in [5, 5.41) is 4.61. The molecule has 1 saturated heterocycles. The van der Waals surface area contributed by atoms with Crippen LogP contribution in [0.2, 0.25) is 0 Å². The summed E-state index contributed by atoms with van der Waals surface area (Å²) in [6.07, 6.45) is 8.10. The Morgan fingerprint density at radius 2 is 2.21 bits per heavy atom. The highest BCUT2D eigenvalue weighted by Crippen LogP contribution is 2.40. The van der Waals surface area contributed by atoms with Gasteiger partial charge in [0, 0.05) is 0 Å². The van der Waals surface area contributed by atoms with Crippen LogP contribution >= 0.6 is 11.8 Å². The molecule has 3 rings (SSSR count). The minimum Gasteiger partial charge on any atom is -0.337 e. The van der Waals surface area contributed by atoms with Crippen LogP contribution in [0.4, 0.5) is 0 Å². The molecule has 4 nitrogen and oxygen atoms in total. The second-order valence-electron chi connectivity index (χ2n) is 6.17. The first-order valence-corrected chi connectivity index (χ1v) is 8.47. The van der Waals surface area contributed by atoms with E-state index in [9.17, 15) is 0 Å². The first-order valence-electron chi connectivity index (χ1n) is 7.42. The molecule has 1 aromatic rings. The Hall–Kier alpha value is -0.550. The molecular formula is C14H23N3OS. The second kappa shape index (κ2) is 5.44. The van der Waals surface area contributed by atoms with Crippen LogP contribution in [0.25, 0.3) is 0 Å². The van der Waals surface area contributed by atoms with Crippen molar-refractivity contribution in [3.8, 4) is 0 Å². The third kappa shape index (κ3) is 2.82. The normalized spacial score (nSPS) is 36.3. The van der Waals surface area contributed by atoms with E-state index in [1.54, 1.807) is 0 Å². The van der Waals surface area contributed by atoms with Crippen molar-refractivity contribution in [2.24, 2.45) is 11.7 Å². The monoisotopic (exact) mass is 281 g/mol. The largest absolute Gasteiger partial charge is 0.337 e. The molecular weight excluding hydrogens is 258 g/mol. The van der Waals surface area contributed by atoms with Crippen molar-refractivity contribution in [2.75, 3.05) is 5.75 Å². The SMILES string of the molecule is CC1CCCC(N)(c2nc(C3CCCCS3)no2)C1. The molecule has 0 radical (unpaired) electrons. The Morgan fingerprint density at radius 3 is 2.95 bits per heavy atom. The van der Waals surface area contributed by atoms with Gasteiger partial charge in [0.05, 0.1) is 10.8 Å². The van der Waals surface area contributed by atoms with Crippen molar-refractivity contribution < 1.29 is 4.52 Å². The lowest BCUT2D eigenvalue weighted by Crippen LogP contribution is -2.41. The maximum atomic E-state index is 6.51. The van der Waals surface area contributed by atoms with Gasteiger partial charge in [-0.25, -0.2) is 0 Å². The molecule has 0 spiro atoms. The van der Waals surface area contributed by atoms with Gasteiger partial charge >= 0.3 is 0 Å². The lowest BCUT2D eigenvalue weighted by atomic mass is 9.77. The predicted molar refractivity (Wildman–Crippen MR) is 76.8 cm³/mol. The van der Waals surface area contributed by atoms with E-state index in [1.165, 1.54) is 25.0 Å². The van der Waals surface area contributed by atoms with Crippen LogP contribution in [0.3, 0.4) is 0 Å². The van der Waals surface area contributed by atoms with Gasteiger partial charge in [0.2, 0.25) is 5.89 Å². The average Bonchev–Trinajstić information content (AvgIpc) is 2.90. The molecule has 2 heterocycles. The number of hydrogen-bond acceptors (Lipinski definition) is 5. The highest BCUT2D eigenvalue weighted by molar-refractivity contribution is 7.99. The summed E-state index contributed by atoms with van der Waals surface area (Å²) < 4.78 is 5.51. The Balaban J connectivity index is 1.76. The van der Waals surface area contributed by atoms with Gasteiger partial charge in [0.15, 0.2) is 5.82 Å². The summed E-state index contributed by atoms with van der Waals surface area (Å²) in [7, 11) is 0. The van der Waals surface area contributed by atoms with Gasteiger partial charge in [-0.2, -0.15) is 16.7 Å². The molecule has 1 saturated carbocycles. The molecule has 19 heavy (non-hydrogen) atoms. The summed E-state index contributed by atoms with van der Waals surface area (Å²) in [5.74, 6) is 3.39. The zero-order chi connectivity index (χ0) is 13.3. The Morgan fingerprint density at radius 1 is 1.32 bits per heavy atom. The van der Waals surface area contributed by atoms with Crippen molar-refractivity contribution in [1.82, 2.24) is 10.1 Å². The Bertz CT molecular complexity index is 430. The maximum Gasteiger partial charge on any atom is 0.246 e. The molecule has 2 aliphatic rings. The van der Waals surface area contributed by atoms with Gasteiger partial charge in [-0.05, 0) is 37.4 Å². The van der Waals surface area contributed by atoms with Gasteiger partial charge in [-0.15, -0.1) is 0 Å². The molecule has 2 N–H and O–H groups in total. The minimum atomic E-state index is -0.387. The van der Waals surface area contributed by atoms with Crippen LogP contribution in [0.15, 0.2) is 4.52 Å². The van der Waals surface area contributed by atoms with Crippen molar-refractivity contribution in [3.63, 3.8) is 0 Å². The topological polar surface area (TPSA) is 64.9 Å². The number of aromatic nitrogens is 2.